The van der Waals surface area contributed by atoms with Gasteiger partial charge in [-0.3, -0.25) is 19.8 Å². The molecular weight excluding hydrogens is 442 g/mol. The van der Waals surface area contributed by atoms with Crippen LogP contribution >= 0.6 is 0 Å². The number of carbonyl (C=O) groups is 1. The maximum atomic E-state index is 13.0. The molecule has 1 saturated heterocycles. The Balaban J connectivity index is 1.44. The highest BCUT2D eigenvalue weighted by Gasteiger charge is 2.29. The van der Waals surface area contributed by atoms with Gasteiger partial charge in [0.25, 0.3) is 11.6 Å². The number of nitrogens with one attached hydrogen (secondary N) is 1. The molecule has 176 valence electrons. The van der Waals surface area contributed by atoms with Gasteiger partial charge in [0, 0.05) is 50.2 Å². The third-order valence-electron chi connectivity index (χ3n) is 5.99. The lowest BCUT2D eigenvalue weighted by Gasteiger charge is -2.39. The van der Waals surface area contributed by atoms with Crippen molar-refractivity contribution in [3.8, 4) is 6.07 Å². The van der Waals surface area contributed by atoms with E-state index in [1.54, 1.807) is 11.0 Å². The summed E-state index contributed by atoms with van der Waals surface area (Å²) in [5.41, 5.74) is 2.69. The topological polar surface area (TPSA) is 103 Å². The molecule has 0 bridgehead atoms. The fourth-order valence-corrected chi connectivity index (χ4v) is 4.24. The highest BCUT2D eigenvalue weighted by molar-refractivity contribution is 5.97. The first-order valence-corrected chi connectivity index (χ1v) is 11.3. The first-order valence-electron chi connectivity index (χ1n) is 11.3. The normalized spacial score (nSPS) is 14.4. The first-order chi connectivity index (χ1) is 17.1. The Morgan fingerprint density at radius 1 is 0.943 bits per heavy atom. The molecule has 0 aliphatic carbocycles. The standard InChI is InChI=1S/C27H25N5O3/c28-19-23(20-29-24-12-7-13-25(18-24)32(34)35)27(33)31-16-14-30(15-17-31)26(21-8-3-1-4-9-21)22-10-5-2-6-11-22/h1-13,18,20,26,29H,14-17H2/b23-20-. The number of carbonyl (C=O) groups excluding carboxylic acids is 1. The molecule has 0 radical (unpaired) electrons. The Morgan fingerprint density at radius 2 is 1.54 bits per heavy atom. The molecule has 1 aliphatic rings. The fraction of sp³-hybridized carbons (Fsp3) is 0.185. The van der Waals surface area contributed by atoms with Crippen LogP contribution in [-0.4, -0.2) is 46.8 Å². The SMILES string of the molecule is N#C/C(=C/Nc1cccc([N+](=O)[O-])c1)C(=O)N1CCN(C(c2ccccc2)c2ccccc2)CC1. The molecular formula is C27H25N5O3. The zero-order chi connectivity index (χ0) is 24.6. The molecule has 35 heavy (non-hydrogen) atoms. The van der Waals surface area contributed by atoms with Gasteiger partial charge in [-0.25, -0.2) is 0 Å². The van der Waals surface area contributed by atoms with Gasteiger partial charge < -0.3 is 10.2 Å². The highest BCUT2D eigenvalue weighted by Crippen LogP contribution is 2.29. The largest absolute Gasteiger partial charge is 0.360 e. The summed E-state index contributed by atoms with van der Waals surface area (Å²) < 4.78 is 0. The van der Waals surface area contributed by atoms with Gasteiger partial charge in [-0.1, -0.05) is 66.7 Å². The van der Waals surface area contributed by atoms with E-state index in [0.717, 1.165) is 0 Å². The van der Waals surface area contributed by atoms with E-state index in [-0.39, 0.29) is 23.2 Å². The Labute approximate surface area is 203 Å². The van der Waals surface area contributed by atoms with Gasteiger partial charge in [0.1, 0.15) is 11.6 Å². The Kier molecular flexibility index (Phi) is 7.50. The third-order valence-corrected chi connectivity index (χ3v) is 5.99. The lowest BCUT2D eigenvalue weighted by Crippen LogP contribution is -2.50. The molecule has 8 nitrogen and oxygen atoms in total. The van der Waals surface area contributed by atoms with Gasteiger partial charge >= 0.3 is 0 Å². The number of hydrogen-bond donors (Lipinski definition) is 1. The van der Waals surface area contributed by atoms with Crippen LogP contribution in [0.1, 0.15) is 17.2 Å². The molecule has 0 atom stereocenters. The third kappa shape index (κ3) is 5.72. The van der Waals surface area contributed by atoms with Gasteiger partial charge in [-0.15, -0.1) is 0 Å². The van der Waals surface area contributed by atoms with Crippen molar-refractivity contribution >= 4 is 17.3 Å². The van der Waals surface area contributed by atoms with Crippen LogP contribution in [0.25, 0.3) is 0 Å². The second-order valence-corrected chi connectivity index (χ2v) is 8.17. The number of nitro groups is 1. The van der Waals surface area contributed by atoms with Gasteiger partial charge in [-0.2, -0.15) is 5.26 Å². The van der Waals surface area contributed by atoms with Crippen molar-refractivity contribution in [1.29, 1.82) is 5.26 Å². The van der Waals surface area contributed by atoms with Gasteiger partial charge in [-0.05, 0) is 17.2 Å². The van der Waals surface area contributed by atoms with Gasteiger partial charge in [0.2, 0.25) is 0 Å². The van der Waals surface area contributed by atoms with Crippen molar-refractivity contribution in [2.24, 2.45) is 0 Å². The summed E-state index contributed by atoms with van der Waals surface area (Å²) in [5, 5.41) is 23.4. The van der Waals surface area contributed by atoms with E-state index in [1.807, 2.05) is 42.5 Å². The van der Waals surface area contributed by atoms with E-state index in [2.05, 4.69) is 34.5 Å². The van der Waals surface area contributed by atoms with Crippen LogP contribution in [0.2, 0.25) is 0 Å². The van der Waals surface area contributed by atoms with Crippen LogP contribution in [0.5, 0.6) is 0 Å². The minimum atomic E-state index is -0.497. The summed E-state index contributed by atoms with van der Waals surface area (Å²) >= 11 is 0. The summed E-state index contributed by atoms with van der Waals surface area (Å²) in [4.78, 5) is 27.5. The number of rotatable bonds is 7. The molecule has 0 unspecified atom stereocenters. The number of nitrogens with zero attached hydrogens (tertiary/aromatic N) is 4. The lowest BCUT2D eigenvalue weighted by molar-refractivity contribution is -0.384. The van der Waals surface area contributed by atoms with Crippen LogP contribution in [0.3, 0.4) is 0 Å². The molecule has 1 aliphatic heterocycles. The van der Waals surface area contributed by atoms with Crippen molar-refractivity contribution in [2.75, 3.05) is 31.5 Å². The smallest absolute Gasteiger partial charge is 0.271 e. The van der Waals surface area contributed by atoms with Gasteiger partial charge in [0.05, 0.1) is 11.0 Å². The Hall–Kier alpha value is -4.48. The zero-order valence-electron chi connectivity index (χ0n) is 19.1. The quantitative estimate of drug-likeness (QED) is 0.240. The number of nitro benzene ring substituents is 1. The number of amides is 1. The summed E-state index contributed by atoms with van der Waals surface area (Å²) in [6.07, 6.45) is 1.31. The second-order valence-electron chi connectivity index (χ2n) is 8.17. The maximum Gasteiger partial charge on any atom is 0.271 e. The number of piperazine rings is 1. The molecule has 4 rings (SSSR count). The predicted molar refractivity (Wildman–Crippen MR) is 133 cm³/mol. The molecule has 3 aromatic rings. The van der Waals surface area contributed by atoms with Crippen LogP contribution < -0.4 is 5.32 Å². The first kappa shape index (κ1) is 23.7. The summed E-state index contributed by atoms with van der Waals surface area (Å²) in [7, 11) is 0. The zero-order valence-corrected chi connectivity index (χ0v) is 19.1. The molecule has 0 spiro atoms. The van der Waals surface area contributed by atoms with Crippen molar-refractivity contribution in [3.05, 3.63) is 118 Å². The van der Waals surface area contributed by atoms with Gasteiger partial charge in [0.15, 0.2) is 0 Å². The number of hydrogen-bond acceptors (Lipinski definition) is 6. The maximum absolute atomic E-state index is 13.0. The average Bonchev–Trinajstić information content (AvgIpc) is 2.91. The Bertz CT molecular complexity index is 1210. The molecule has 1 heterocycles. The number of benzene rings is 3. The van der Waals surface area contributed by atoms with E-state index < -0.39 is 4.92 Å². The van der Waals surface area contributed by atoms with E-state index in [4.69, 9.17) is 0 Å². The second kappa shape index (κ2) is 11.1. The molecule has 1 amide bonds. The van der Waals surface area contributed by atoms with Crippen LogP contribution in [0.4, 0.5) is 11.4 Å². The molecule has 8 heteroatoms. The van der Waals surface area contributed by atoms with Crippen molar-refractivity contribution in [2.45, 2.75) is 6.04 Å². The molecule has 1 N–H and O–H groups in total. The summed E-state index contributed by atoms with van der Waals surface area (Å²) in [5.74, 6) is -0.360. The Morgan fingerprint density at radius 3 is 2.09 bits per heavy atom. The fourth-order valence-electron chi connectivity index (χ4n) is 4.24. The van der Waals surface area contributed by atoms with E-state index in [0.29, 0.717) is 31.9 Å². The minimum Gasteiger partial charge on any atom is -0.360 e. The summed E-state index contributed by atoms with van der Waals surface area (Å²) in [6.45, 7) is 2.31. The van der Waals surface area contributed by atoms with E-state index in [1.165, 1.54) is 35.5 Å². The minimum absolute atomic E-state index is 0.0485. The van der Waals surface area contributed by atoms with Crippen molar-refractivity contribution in [1.82, 2.24) is 9.80 Å². The predicted octanol–water partition coefficient (Wildman–Crippen LogP) is 4.35. The highest BCUT2D eigenvalue weighted by atomic mass is 16.6. The molecule has 0 aromatic heterocycles. The number of nitriles is 1. The number of anilines is 1. The van der Waals surface area contributed by atoms with Crippen LogP contribution in [-0.2, 0) is 4.79 Å². The number of non-ortho nitro benzene ring substituents is 1. The van der Waals surface area contributed by atoms with Crippen molar-refractivity contribution < 1.29 is 9.72 Å². The van der Waals surface area contributed by atoms with E-state index in [9.17, 15) is 20.2 Å². The average molecular weight is 468 g/mol. The van der Waals surface area contributed by atoms with E-state index >= 15 is 0 Å². The molecule has 0 saturated carbocycles. The molecule has 3 aromatic carbocycles. The monoisotopic (exact) mass is 467 g/mol. The molecule has 1 fully saturated rings. The lowest BCUT2D eigenvalue weighted by atomic mass is 9.96. The summed E-state index contributed by atoms with van der Waals surface area (Å²) in [6, 6.07) is 28.5. The van der Waals surface area contributed by atoms with Crippen LogP contribution in [0, 0.1) is 21.4 Å². The van der Waals surface area contributed by atoms with Crippen LogP contribution in [0.15, 0.2) is 96.7 Å². The van der Waals surface area contributed by atoms with Crippen molar-refractivity contribution in [3.63, 3.8) is 0 Å².